The molecule has 0 bridgehead atoms. The van der Waals surface area contributed by atoms with Crippen LogP contribution in [0.4, 0.5) is 0 Å². The molecule has 4 nitrogen and oxygen atoms in total. The number of carbonyl (C=O) groups is 2. The highest BCUT2D eigenvalue weighted by molar-refractivity contribution is 9.10. The van der Waals surface area contributed by atoms with E-state index in [1.165, 1.54) is 0 Å². The van der Waals surface area contributed by atoms with Gasteiger partial charge in [-0.15, -0.1) is 11.8 Å². The molecule has 1 fully saturated rings. The fourth-order valence-corrected chi connectivity index (χ4v) is 6.28. The summed E-state index contributed by atoms with van der Waals surface area (Å²) >= 11 is 17.7. The van der Waals surface area contributed by atoms with Crippen molar-refractivity contribution in [2.75, 3.05) is 5.75 Å². The summed E-state index contributed by atoms with van der Waals surface area (Å²) in [4.78, 5) is 29.2. The highest BCUT2D eigenvalue weighted by Gasteiger charge is 2.32. The summed E-state index contributed by atoms with van der Waals surface area (Å²) < 4.78 is 1.02. The molecule has 200 valence electrons. The number of hydrogen-bond donors (Lipinski definition) is 1. The average Bonchev–Trinajstić information content (AvgIpc) is 3.42. The molecule has 0 aromatic heterocycles. The van der Waals surface area contributed by atoms with Gasteiger partial charge >= 0.3 is 0 Å². The van der Waals surface area contributed by atoms with Crippen LogP contribution in [0.15, 0.2) is 77.3 Å². The van der Waals surface area contributed by atoms with Gasteiger partial charge in [-0.05, 0) is 53.8 Å². The molecule has 0 unspecified atom stereocenters. The Kier molecular flexibility index (Phi) is 11.0. The highest BCUT2D eigenvalue weighted by Crippen LogP contribution is 2.26. The molecule has 0 radical (unpaired) electrons. The van der Waals surface area contributed by atoms with E-state index in [1.54, 1.807) is 28.8 Å². The van der Waals surface area contributed by atoms with Crippen molar-refractivity contribution in [1.29, 1.82) is 0 Å². The largest absolute Gasteiger partial charge is 0.352 e. The van der Waals surface area contributed by atoms with E-state index in [2.05, 4.69) is 21.2 Å². The zero-order valence-electron chi connectivity index (χ0n) is 21.0. The molecule has 1 N–H and O–H groups in total. The van der Waals surface area contributed by atoms with Gasteiger partial charge in [0, 0.05) is 39.3 Å². The lowest BCUT2D eigenvalue weighted by molar-refractivity contribution is -0.139. The molecule has 0 spiro atoms. The van der Waals surface area contributed by atoms with Crippen molar-refractivity contribution in [2.45, 2.75) is 56.5 Å². The first-order valence-electron chi connectivity index (χ1n) is 12.8. The van der Waals surface area contributed by atoms with E-state index in [9.17, 15) is 9.59 Å². The number of amides is 2. The second-order valence-corrected chi connectivity index (χ2v) is 12.3. The number of nitrogens with one attached hydrogen (secondary N) is 1. The maximum Gasteiger partial charge on any atom is 0.243 e. The Morgan fingerprint density at radius 2 is 1.68 bits per heavy atom. The van der Waals surface area contributed by atoms with Gasteiger partial charge in [0.15, 0.2) is 0 Å². The van der Waals surface area contributed by atoms with Gasteiger partial charge < -0.3 is 10.2 Å². The van der Waals surface area contributed by atoms with E-state index in [0.29, 0.717) is 22.2 Å². The smallest absolute Gasteiger partial charge is 0.243 e. The molecule has 3 aromatic rings. The van der Waals surface area contributed by atoms with E-state index in [0.717, 1.165) is 46.8 Å². The standard InChI is InChI=1S/C30H31BrCl2N2O2S/c31-24-13-10-22(11-14-24)19-38-20-29(36)35(18-23-12-15-25(32)17-27(23)33)28(16-21-6-2-1-3-7-21)30(37)34-26-8-4-5-9-26/h1-3,6-7,10-15,17,26,28H,4-5,8-9,16,18-20H2,(H,34,37)/t28-/m1/s1. The lowest BCUT2D eigenvalue weighted by atomic mass is 10.0. The molecule has 0 saturated heterocycles. The number of halogens is 3. The van der Waals surface area contributed by atoms with Gasteiger partial charge in [0.2, 0.25) is 11.8 Å². The molecule has 38 heavy (non-hydrogen) atoms. The van der Waals surface area contributed by atoms with Gasteiger partial charge in [0.25, 0.3) is 0 Å². The van der Waals surface area contributed by atoms with Crippen molar-refractivity contribution in [3.63, 3.8) is 0 Å². The number of rotatable bonds is 11. The number of benzene rings is 3. The van der Waals surface area contributed by atoms with E-state index >= 15 is 0 Å². The van der Waals surface area contributed by atoms with Crippen molar-refractivity contribution >= 4 is 62.7 Å². The van der Waals surface area contributed by atoms with Gasteiger partial charge in [-0.3, -0.25) is 9.59 Å². The molecule has 0 heterocycles. The Hall–Kier alpha value is -1.99. The minimum Gasteiger partial charge on any atom is -0.352 e. The Morgan fingerprint density at radius 1 is 0.974 bits per heavy atom. The Morgan fingerprint density at radius 3 is 2.37 bits per heavy atom. The molecule has 1 atom stereocenters. The predicted molar refractivity (Wildman–Crippen MR) is 162 cm³/mol. The van der Waals surface area contributed by atoms with E-state index in [4.69, 9.17) is 23.2 Å². The minimum absolute atomic E-state index is 0.0966. The third kappa shape index (κ3) is 8.51. The third-order valence-corrected chi connectivity index (χ3v) is 8.84. The summed E-state index contributed by atoms with van der Waals surface area (Å²) in [5.41, 5.74) is 2.90. The first kappa shape index (κ1) is 29.0. The quantitative estimate of drug-likeness (QED) is 0.236. The van der Waals surface area contributed by atoms with Crippen molar-refractivity contribution < 1.29 is 9.59 Å². The monoisotopic (exact) mass is 632 g/mol. The number of nitrogens with zero attached hydrogens (tertiary/aromatic N) is 1. The summed E-state index contributed by atoms with van der Waals surface area (Å²) in [7, 11) is 0. The van der Waals surface area contributed by atoms with E-state index in [-0.39, 0.29) is 30.2 Å². The van der Waals surface area contributed by atoms with Crippen LogP contribution in [0.5, 0.6) is 0 Å². The molecular weight excluding hydrogens is 603 g/mol. The van der Waals surface area contributed by atoms with Crippen LogP contribution >= 0.6 is 50.9 Å². The second-order valence-electron chi connectivity index (χ2n) is 9.57. The Bertz CT molecular complexity index is 1220. The second kappa shape index (κ2) is 14.4. The predicted octanol–water partition coefficient (Wildman–Crippen LogP) is 7.69. The number of carbonyl (C=O) groups excluding carboxylic acids is 2. The average molecular weight is 634 g/mol. The molecule has 0 aliphatic heterocycles. The molecule has 1 aliphatic rings. The molecular formula is C30H31BrCl2N2O2S. The van der Waals surface area contributed by atoms with Crippen LogP contribution in [0.3, 0.4) is 0 Å². The van der Waals surface area contributed by atoms with Crippen molar-refractivity contribution in [3.05, 3.63) is 104 Å². The van der Waals surface area contributed by atoms with Crippen LogP contribution in [0, 0.1) is 0 Å². The molecule has 1 saturated carbocycles. The SMILES string of the molecule is O=C(NC1CCCC1)[C@@H](Cc1ccccc1)N(Cc1ccc(Cl)cc1Cl)C(=O)CSCc1ccc(Br)cc1. The van der Waals surface area contributed by atoms with Crippen LogP contribution in [0.2, 0.25) is 10.0 Å². The third-order valence-electron chi connectivity index (χ3n) is 6.74. The van der Waals surface area contributed by atoms with Gasteiger partial charge in [0.05, 0.1) is 5.75 Å². The summed E-state index contributed by atoms with van der Waals surface area (Å²) in [5.74, 6) is 0.743. The zero-order valence-corrected chi connectivity index (χ0v) is 25.0. The summed E-state index contributed by atoms with van der Waals surface area (Å²) in [6.07, 6.45) is 4.61. The fraction of sp³-hybridized carbons (Fsp3) is 0.333. The van der Waals surface area contributed by atoms with Crippen molar-refractivity contribution in [2.24, 2.45) is 0 Å². The molecule has 2 amide bonds. The minimum atomic E-state index is -0.662. The molecule has 3 aromatic carbocycles. The number of thioether (sulfide) groups is 1. The number of hydrogen-bond acceptors (Lipinski definition) is 3. The topological polar surface area (TPSA) is 49.4 Å². The first-order valence-corrected chi connectivity index (χ1v) is 15.5. The maximum atomic E-state index is 13.8. The maximum absolute atomic E-state index is 13.8. The van der Waals surface area contributed by atoms with Crippen LogP contribution in [-0.4, -0.2) is 34.6 Å². The van der Waals surface area contributed by atoms with Gasteiger partial charge in [-0.25, -0.2) is 0 Å². The fourth-order valence-electron chi connectivity index (χ4n) is 4.67. The van der Waals surface area contributed by atoms with Crippen molar-refractivity contribution in [3.8, 4) is 0 Å². The van der Waals surface area contributed by atoms with Gasteiger partial charge in [0.1, 0.15) is 6.04 Å². The Balaban J connectivity index is 1.58. The summed E-state index contributed by atoms with van der Waals surface area (Å²) in [6, 6.07) is 22.7. The molecule has 4 rings (SSSR count). The van der Waals surface area contributed by atoms with Gasteiger partial charge in [-0.2, -0.15) is 0 Å². The van der Waals surface area contributed by atoms with E-state index in [1.807, 2.05) is 60.7 Å². The van der Waals surface area contributed by atoms with Gasteiger partial charge in [-0.1, -0.05) is 101 Å². The highest BCUT2D eigenvalue weighted by atomic mass is 79.9. The lowest BCUT2D eigenvalue weighted by Crippen LogP contribution is -2.52. The normalized spacial score (nSPS) is 14.3. The van der Waals surface area contributed by atoms with Crippen molar-refractivity contribution in [1.82, 2.24) is 10.2 Å². The van der Waals surface area contributed by atoms with Crippen LogP contribution in [0.1, 0.15) is 42.4 Å². The molecule has 1 aliphatic carbocycles. The lowest BCUT2D eigenvalue weighted by Gasteiger charge is -2.32. The summed E-state index contributed by atoms with van der Waals surface area (Å²) in [6.45, 7) is 0.225. The first-order chi connectivity index (χ1) is 18.4. The summed E-state index contributed by atoms with van der Waals surface area (Å²) in [5, 5.41) is 4.24. The Labute approximate surface area is 247 Å². The van der Waals surface area contributed by atoms with Crippen LogP contribution in [0.25, 0.3) is 0 Å². The zero-order chi connectivity index (χ0) is 26.9. The van der Waals surface area contributed by atoms with Crippen LogP contribution < -0.4 is 5.32 Å². The molecule has 8 heteroatoms. The van der Waals surface area contributed by atoms with Crippen LogP contribution in [-0.2, 0) is 28.3 Å². The van der Waals surface area contributed by atoms with E-state index < -0.39 is 6.04 Å².